The Morgan fingerprint density at radius 1 is 0.844 bits per heavy atom. The van der Waals surface area contributed by atoms with Crippen LogP contribution in [0.15, 0.2) is 48.5 Å². The van der Waals surface area contributed by atoms with Crippen LogP contribution in [0, 0.1) is 23.4 Å². The molecule has 3 aromatic carbocycles. The molecular weight excluding hydrogens is 722 g/mol. The first-order chi connectivity index (χ1) is 20.7. The van der Waals surface area contributed by atoms with Gasteiger partial charge in [-0.1, -0.05) is 29.3 Å². The molecule has 3 aromatic rings. The van der Waals surface area contributed by atoms with E-state index in [1.54, 1.807) is 0 Å². The quantitative estimate of drug-likeness (QED) is 0.169. The Labute approximate surface area is 269 Å². The van der Waals surface area contributed by atoms with Gasteiger partial charge in [-0.3, -0.25) is 14.4 Å². The van der Waals surface area contributed by atoms with Crippen LogP contribution < -0.4 is 16.0 Å². The summed E-state index contributed by atoms with van der Waals surface area (Å²) < 4.78 is 101. The van der Waals surface area contributed by atoms with Crippen molar-refractivity contribution in [2.24, 2.45) is 5.92 Å². The average Bonchev–Trinajstić information content (AvgIpc) is 3.51. The van der Waals surface area contributed by atoms with Crippen molar-refractivity contribution in [3.8, 4) is 0 Å². The van der Waals surface area contributed by atoms with Crippen LogP contribution in [0.4, 0.5) is 43.4 Å². The molecule has 3 amide bonds. The van der Waals surface area contributed by atoms with Gasteiger partial charge in [0.25, 0.3) is 15.7 Å². The number of sulfone groups is 1. The number of hydrogen-bond acceptors (Lipinski definition) is 5. The van der Waals surface area contributed by atoms with Gasteiger partial charge in [0.05, 0.1) is 27.2 Å². The lowest BCUT2D eigenvalue weighted by molar-refractivity contribution is -0.117. The van der Waals surface area contributed by atoms with Crippen LogP contribution in [0.5, 0.6) is 0 Å². The van der Waals surface area contributed by atoms with Crippen LogP contribution in [0.2, 0.25) is 10.0 Å². The van der Waals surface area contributed by atoms with Gasteiger partial charge in [-0.2, -0.15) is 13.2 Å². The summed E-state index contributed by atoms with van der Waals surface area (Å²) >= 11 is 24.5. The lowest BCUT2D eigenvalue weighted by atomic mass is 10.1. The van der Waals surface area contributed by atoms with Gasteiger partial charge in [-0.15, -0.1) is 23.2 Å². The Balaban J connectivity index is 1.50. The second kappa shape index (κ2) is 12.5. The number of benzene rings is 3. The monoisotopic (exact) mass is 735 g/mol. The Hall–Kier alpha value is -3.24. The molecule has 1 aliphatic carbocycles. The number of amides is 3. The fourth-order valence-electron chi connectivity index (χ4n) is 4.15. The van der Waals surface area contributed by atoms with E-state index >= 15 is 0 Å². The highest BCUT2D eigenvalue weighted by Gasteiger charge is 2.67. The van der Waals surface area contributed by atoms with Crippen LogP contribution in [0.3, 0.4) is 0 Å². The molecule has 0 spiro atoms. The maximum Gasteiger partial charge on any atom is 0.497 e. The van der Waals surface area contributed by atoms with Crippen molar-refractivity contribution in [2.75, 3.05) is 21.7 Å². The standard InChI is InChI=1S/C26H15Cl4F6N3O5S/c27-13-3-2-11(37-24(42)20-19(25(20,29)30)10-1-4-15(31)14(28)7-10)8-12(13)23(41)38-17-6-5-16(32)22(21(17)33)39-18(40)9-45(43,44)26(34,35)36/h1-8,19-20H,9H2,(H,37,42)(H,38,41)(H,39,40)/t19-,20+/m0/s1. The summed E-state index contributed by atoms with van der Waals surface area (Å²) in [6, 6.07) is 8.53. The third-order valence-corrected chi connectivity index (χ3v) is 9.30. The van der Waals surface area contributed by atoms with Gasteiger partial charge in [-0.05, 0) is 48.0 Å². The smallest absolute Gasteiger partial charge is 0.326 e. The number of anilines is 3. The molecule has 8 nitrogen and oxygen atoms in total. The second-order valence-electron chi connectivity index (χ2n) is 9.48. The molecule has 0 aromatic heterocycles. The van der Waals surface area contributed by atoms with Crippen molar-refractivity contribution in [3.63, 3.8) is 0 Å². The van der Waals surface area contributed by atoms with Crippen molar-refractivity contribution in [1.82, 2.24) is 0 Å². The molecule has 0 heterocycles. The predicted molar refractivity (Wildman–Crippen MR) is 155 cm³/mol. The third-order valence-electron chi connectivity index (χ3n) is 6.39. The minimum absolute atomic E-state index is 0.000115. The molecule has 4 rings (SSSR count). The average molecular weight is 737 g/mol. The fourth-order valence-corrected chi connectivity index (χ4v) is 5.96. The van der Waals surface area contributed by atoms with E-state index in [1.165, 1.54) is 29.6 Å². The van der Waals surface area contributed by atoms with E-state index in [0.717, 1.165) is 12.1 Å². The zero-order valence-electron chi connectivity index (χ0n) is 21.7. The van der Waals surface area contributed by atoms with Crippen molar-refractivity contribution in [3.05, 3.63) is 87.2 Å². The lowest BCUT2D eigenvalue weighted by Gasteiger charge is -2.14. The number of hydrogen-bond donors (Lipinski definition) is 3. The maximum atomic E-state index is 15.0. The molecule has 1 aliphatic rings. The first kappa shape index (κ1) is 34.6. The second-order valence-corrected chi connectivity index (χ2v) is 13.7. The Kier molecular flexibility index (Phi) is 9.63. The molecule has 2 atom stereocenters. The Morgan fingerprint density at radius 2 is 1.49 bits per heavy atom. The van der Waals surface area contributed by atoms with Crippen LogP contribution >= 0.6 is 46.4 Å². The van der Waals surface area contributed by atoms with Crippen LogP contribution in [-0.2, 0) is 19.4 Å². The summed E-state index contributed by atoms with van der Waals surface area (Å²) in [6.07, 6.45) is 0. The molecule has 19 heteroatoms. The molecule has 0 radical (unpaired) electrons. The highest BCUT2D eigenvalue weighted by atomic mass is 35.5. The van der Waals surface area contributed by atoms with E-state index in [2.05, 4.69) is 5.32 Å². The largest absolute Gasteiger partial charge is 0.497 e. The first-order valence-electron chi connectivity index (χ1n) is 12.1. The minimum atomic E-state index is -5.96. The zero-order valence-corrected chi connectivity index (χ0v) is 25.5. The molecule has 0 bridgehead atoms. The van der Waals surface area contributed by atoms with Crippen molar-refractivity contribution < 1.29 is 49.1 Å². The normalized spacial score (nSPS) is 17.4. The van der Waals surface area contributed by atoms with Gasteiger partial charge in [0, 0.05) is 11.6 Å². The van der Waals surface area contributed by atoms with Crippen molar-refractivity contribution in [2.45, 2.75) is 15.8 Å². The van der Waals surface area contributed by atoms with Crippen molar-refractivity contribution >= 4 is 91.0 Å². The molecule has 45 heavy (non-hydrogen) atoms. The minimum Gasteiger partial charge on any atom is -0.326 e. The van der Waals surface area contributed by atoms with Gasteiger partial charge in [0.15, 0.2) is 5.82 Å². The Bertz CT molecular complexity index is 1840. The molecule has 1 fully saturated rings. The summed E-state index contributed by atoms with van der Waals surface area (Å²) in [4.78, 5) is 37.8. The lowest BCUT2D eigenvalue weighted by Crippen LogP contribution is -2.33. The highest BCUT2D eigenvalue weighted by molar-refractivity contribution is 7.92. The Morgan fingerprint density at radius 3 is 2.11 bits per heavy atom. The number of carbonyl (C=O) groups excluding carboxylic acids is 3. The van der Waals surface area contributed by atoms with Crippen LogP contribution in [-0.4, -0.2) is 41.7 Å². The zero-order chi connectivity index (χ0) is 33.6. The van der Waals surface area contributed by atoms with E-state index in [4.69, 9.17) is 46.4 Å². The van der Waals surface area contributed by atoms with Crippen LogP contribution in [0.25, 0.3) is 0 Å². The van der Waals surface area contributed by atoms with E-state index < -0.39 is 83.8 Å². The van der Waals surface area contributed by atoms with Gasteiger partial charge in [-0.25, -0.2) is 21.6 Å². The van der Waals surface area contributed by atoms with Gasteiger partial charge in [0.2, 0.25) is 11.8 Å². The number of alkyl halides is 5. The molecule has 0 unspecified atom stereocenters. The summed E-state index contributed by atoms with van der Waals surface area (Å²) in [5, 5.41) is 5.53. The summed E-state index contributed by atoms with van der Waals surface area (Å²) in [6.45, 7) is 0. The number of carbonyl (C=O) groups is 3. The predicted octanol–water partition coefficient (Wildman–Crippen LogP) is 7.06. The summed E-state index contributed by atoms with van der Waals surface area (Å²) in [5.41, 5.74) is -7.87. The molecule has 1 saturated carbocycles. The highest BCUT2D eigenvalue weighted by Crippen LogP contribution is 2.65. The van der Waals surface area contributed by atoms with Gasteiger partial charge >= 0.3 is 5.51 Å². The fraction of sp³-hybridized carbons (Fsp3) is 0.192. The topological polar surface area (TPSA) is 121 Å². The van der Waals surface area contributed by atoms with Gasteiger partial charge < -0.3 is 16.0 Å². The first-order valence-corrected chi connectivity index (χ1v) is 15.2. The third kappa shape index (κ3) is 7.27. The summed E-state index contributed by atoms with van der Waals surface area (Å²) in [5.74, 6) is -11.5. The summed E-state index contributed by atoms with van der Waals surface area (Å²) in [7, 11) is -5.96. The van der Waals surface area contributed by atoms with E-state index in [1.807, 2.05) is 5.32 Å². The molecule has 240 valence electrons. The van der Waals surface area contributed by atoms with Gasteiger partial charge in [0.1, 0.15) is 27.4 Å². The number of rotatable bonds is 8. The van der Waals surface area contributed by atoms with E-state index in [-0.39, 0.29) is 21.3 Å². The van der Waals surface area contributed by atoms with Crippen molar-refractivity contribution in [1.29, 1.82) is 0 Å². The van der Waals surface area contributed by atoms with Crippen LogP contribution in [0.1, 0.15) is 21.8 Å². The SMILES string of the molecule is O=C(CS(=O)(=O)C(F)(F)F)Nc1c(F)ccc(NC(=O)c2cc(NC(=O)[C@H]3[C@H](c4ccc(F)c(Cl)c4)C3(Cl)Cl)ccc2Cl)c1F. The molecular formula is C26H15Cl4F6N3O5S. The molecule has 0 saturated heterocycles. The van der Waals surface area contributed by atoms with E-state index in [9.17, 15) is 49.1 Å². The molecule has 0 aliphatic heterocycles. The molecule has 3 N–H and O–H groups in total. The maximum absolute atomic E-state index is 15.0. The number of nitrogens with one attached hydrogen (secondary N) is 3. The number of halogens is 10. The van der Waals surface area contributed by atoms with E-state index in [0.29, 0.717) is 17.7 Å².